The molecule has 91 valence electrons. The van der Waals surface area contributed by atoms with Crippen molar-refractivity contribution in [2.45, 2.75) is 27.2 Å². The molecule has 0 aromatic rings. The predicted octanol–water partition coefficient (Wildman–Crippen LogP) is 2.40. The number of hydrogen-bond donors (Lipinski definition) is 0. The summed E-state index contributed by atoms with van der Waals surface area (Å²) in [6.07, 6.45) is 4.16. The maximum atomic E-state index is 11.7. The average Bonchev–Trinajstić information content (AvgIpc) is 2.71. The third-order valence-electron chi connectivity index (χ3n) is 2.77. The van der Waals surface area contributed by atoms with Crippen molar-refractivity contribution in [2.24, 2.45) is 4.99 Å². The quantitative estimate of drug-likeness (QED) is 0.569. The van der Waals surface area contributed by atoms with E-state index in [9.17, 15) is 4.79 Å². The van der Waals surface area contributed by atoms with Crippen molar-refractivity contribution in [3.8, 4) is 0 Å². The number of thioether (sulfide) groups is 1. The molecule has 0 fully saturated rings. The zero-order chi connectivity index (χ0) is 12.5. The van der Waals surface area contributed by atoms with Gasteiger partial charge in [0.15, 0.2) is 6.54 Å². The van der Waals surface area contributed by atoms with Crippen molar-refractivity contribution >= 4 is 22.9 Å². The van der Waals surface area contributed by atoms with Crippen molar-refractivity contribution in [3.05, 3.63) is 23.0 Å². The SMILES string of the molecule is CCOC(=O)C[N+]12[C]=C(C)N=C1SC=C2CC. The van der Waals surface area contributed by atoms with Crippen molar-refractivity contribution in [1.82, 2.24) is 0 Å². The van der Waals surface area contributed by atoms with Gasteiger partial charge in [-0.1, -0.05) is 6.92 Å². The molecule has 2 rings (SSSR count). The molecule has 0 saturated heterocycles. The summed E-state index contributed by atoms with van der Waals surface area (Å²) in [4.78, 5) is 16.2. The number of fused-ring (bicyclic) bond motifs is 1. The molecule has 0 aromatic carbocycles. The summed E-state index contributed by atoms with van der Waals surface area (Å²) in [7, 11) is 0. The first kappa shape index (κ1) is 12.4. The molecule has 17 heavy (non-hydrogen) atoms. The summed E-state index contributed by atoms with van der Waals surface area (Å²) in [6.45, 7) is 6.47. The molecular formula is C12H16N2O2S+. The summed E-state index contributed by atoms with van der Waals surface area (Å²) in [5.41, 5.74) is 1.99. The smallest absolute Gasteiger partial charge is 0.363 e. The fourth-order valence-corrected chi connectivity index (χ4v) is 3.25. The first-order valence-corrected chi connectivity index (χ1v) is 6.61. The fraction of sp³-hybridized carbons (Fsp3) is 0.500. The van der Waals surface area contributed by atoms with Crippen molar-refractivity contribution < 1.29 is 14.0 Å². The van der Waals surface area contributed by atoms with E-state index in [1.165, 1.54) is 0 Å². The molecule has 2 aliphatic heterocycles. The zero-order valence-corrected chi connectivity index (χ0v) is 11.1. The Kier molecular flexibility index (Phi) is 3.40. The van der Waals surface area contributed by atoms with Crippen LogP contribution in [-0.4, -0.2) is 28.8 Å². The maximum absolute atomic E-state index is 11.7. The van der Waals surface area contributed by atoms with E-state index < -0.39 is 0 Å². The van der Waals surface area contributed by atoms with Crippen LogP contribution in [0.15, 0.2) is 21.8 Å². The van der Waals surface area contributed by atoms with Crippen molar-refractivity contribution in [1.29, 1.82) is 0 Å². The van der Waals surface area contributed by atoms with Crippen LogP contribution in [-0.2, 0) is 9.53 Å². The fourth-order valence-electron chi connectivity index (χ4n) is 2.06. The number of carbonyl (C=O) groups excluding carboxylic acids is 1. The molecule has 5 heteroatoms. The summed E-state index contributed by atoms with van der Waals surface area (Å²) < 4.78 is 5.36. The third-order valence-corrected chi connectivity index (χ3v) is 3.77. The minimum Gasteiger partial charge on any atom is -0.462 e. The van der Waals surface area contributed by atoms with Gasteiger partial charge in [-0.05, 0) is 25.6 Å². The molecule has 4 nitrogen and oxygen atoms in total. The van der Waals surface area contributed by atoms with Gasteiger partial charge in [-0.25, -0.2) is 4.79 Å². The van der Waals surface area contributed by atoms with Crippen LogP contribution in [0.4, 0.5) is 0 Å². The maximum Gasteiger partial charge on any atom is 0.363 e. The number of ether oxygens (including phenoxy) is 1. The Morgan fingerprint density at radius 2 is 2.35 bits per heavy atom. The van der Waals surface area contributed by atoms with Crippen LogP contribution in [0.25, 0.3) is 0 Å². The van der Waals surface area contributed by atoms with Crippen LogP contribution in [0.2, 0.25) is 0 Å². The first-order chi connectivity index (χ1) is 8.12. The van der Waals surface area contributed by atoms with Gasteiger partial charge in [-0.15, -0.1) is 0 Å². The standard InChI is InChI=1S/C12H16N2O2S/c1-4-10-8-17-12-13-9(3)6-14(10,12)7-11(15)16-5-2/h8H,4-5,7H2,1-3H3/q+1. The minimum atomic E-state index is -0.204. The number of esters is 1. The number of aliphatic imine (C=N–C) groups is 1. The van der Waals surface area contributed by atoms with Crippen LogP contribution >= 0.6 is 11.8 Å². The van der Waals surface area contributed by atoms with Gasteiger partial charge in [-0.2, -0.15) is 9.48 Å². The van der Waals surface area contributed by atoms with Gasteiger partial charge < -0.3 is 4.74 Å². The highest BCUT2D eigenvalue weighted by Gasteiger charge is 2.48. The molecule has 1 atom stereocenters. The number of nitrogens with zero attached hydrogens (tertiary/aromatic N) is 2. The lowest BCUT2D eigenvalue weighted by molar-refractivity contribution is -0.745. The molecule has 0 spiro atoms. The lowest BCUT2D eigenvalue weighted by Crippen LogP contribution is -2.46. The van der Waals surface area contributed by atoms with Crippen molar-refractivity contribution in [2.75, 3.05) is 13.2 Å². The number of quaternary nitrogens is 1. The topological polar surface area (TPSA) is 38.7 Å². The number of hydrogen-bond acceptors (Lipinski definition) is 4. The van der Waals surface area contributed by atoms with Gasteiger partial charge in [0.1, 0.15) is 11.4 Å². The molecule has 0 saturated carbocycles. The molecule has 0 bridgehead atoms. The van der Waals surface area contributed by atoms with E-state index in [2.05, 4.69) is 23.5 Å². The highest BCUT2D eigenvalue weighted by atomic mass is 32.2. The van der Waals surface area contributed by atoms with E-state index in [1.54, 1.807) is 11.8 Å². The predicted molar refractivity (Wildman–Crippen MR) is 67.6 cm³/mol. The number of carbonyl (C=O) groups is 1. The second kappa shape index (κ2) is 4.66. The van der Waals surface area contributed by atoms with E-state index in [1.807, 2.05) is 13.8 Å². The van der Waals surface area contributed by atoms with Crippen LogP contribution in [0.3, 0.4) is 0 Å². The van der Waals surface area contributed by atoms with Crippen molar-refractivity contribution in [3.63, 3.8) is 0 Å². The molecule has 2 aliphatic rings. The van der Waals surface area contributed by atoms with Crippen LogP contribution in [0.1, 0.15) is 27.2 Å². The summed E-state index contributed by atoms with van der Waals surface area (Å²) in [6, 6.07) is 0. The molecule has 1 unspecified atom stereocenters. The highest BCUT2D eigenvalue weighted by molar-refractivity contribution is 8.16. The first-order valence-electron chi connectivity index (χ1n) is 5.73. The van der Waals surface area contributed by atoms with E-state index in [0.717, 1.165) is 23.0 Å². The van der Waals surface area contributed by atoms with Crippen LogP contribution in [0, 0.1) is 6.20 Å². The molecule has 1 radical (unpaired) electrons. The van der Waals surface area contributed by atoms with Gasteiger partial charge in [0.05, 0.1) is 6.61 Å². The van der Waals surface area contributed by atoms with Gasteiger partial charge in [0, 0.05) is 11.8 Å². The molecule has 0 aliphatic carbocycles. The number of rotatable bonds is 4. The van der Waals surface area contributed by atoms with Crippen LogP contribution < -0.4 is 0 Å². The number of allylic oxidation sites excluding steroid dienone is 2. The normalized spacial score (nSPS) is 26.2. The highest BCUT2D eigenvalue weighted by Crippen LogP contribution is 2.41. The second-order valence-electron chi connectivity index (χ2n) is 3.95. The van der Waals surface area contributed by atoms with E-state index in [4.69, 9.17) is 4.74 Å². The second-order valence-corrected chi connectivity index (χ2v) is 4.78. The molecule has 0 aromatic heterocycles. The monoisotopic (exact) mass is 252 g/mol. The molecular weight excluding hydrogens is 236 g/mol. The lowest BCUT2D eigenvalue weighted by atomic mass is 10.2. The summed E-state index contributed by atoms with van der Waals surface area (Å²) in [5, 5.41) is 2.98. The Morgan fingerprint density at radius 1 is 1.59 bits per heavy atom. The van der Waals surface area contributed by atoms with E-state index in [-0.39, 0.29) is 12.5 Å². The van der Waals surface area contributed by atoms with Gasteiger partial charge in [-0.3, -0.25) is 0 Å². The van der Waals surface area contributed by atoms with Crippen LogP contribution in [0.5, 0.6) is 0 Å². The van der Waals surface area contributed by atoms with E-state index in [0.29, 0.717) is 11.1 Å². The van der Waals surface area contributed by atoms with Gasteiger partial charge in [0.2, 0.25) is 6.20 Å². The average molecular weight is 252 g/mol. The molecule has 2 heterocycles. The minimum absolute atomic E-state index is 0.204. The Labute approximate surface area is 106 Å². The lowest BCUT2D eigenvalue weighted by Gasteiger charge is -2.25. The Hall–Kier alpha value is -1.07. The zero-order valence-electron chi connectivity index (χ0n) is 10.3. The Bertz CT molecular complexity index is 440. The van der Waals surface area contributed by atoms with E-state index >= 15 is 0 Å². The van der Waals surface area contributed by atoms with Gasteiger partial charge >= 0.3 is 5.97 Å². The molecule has 0 amide bonds. The summed E-state index contributed by atoms with van der Waals surface area (Å²) in [5.74, 6) is -0.204. The Balaban J connectivity index is 2.28. The number of amidine groups is 1. The Morgan fingerprint density at radius 3 is 3.00 bits per heavy atom. The largest absolute Gasteiger partial charge is 0.462 e. The molecule has 0 N–H and O–H groups in total. The van der Waals surface area contributed by atoms with Gasteiger partial charge in [0.25, 0.3) is 5.17 Å². The third kappa shape index (κ3) is 2.05. The summed E-state index contributed by atoms with van der Waals surface area (Å²) >= 11 is 1.58.